The first-order valence-corrected chi connectivity index (χ1v) is 12.1. The average molecular weight is 447 g/mol. The molecule has 1 aromatic carbocycles. The number of ether oxygens (including phenoxy) is 1. The highest BCUT2D eigenvalue weighted by Gasteiger charge is 2.33. The number of H-pyrrole nitrogens is 1. The van der Waals surface area contributed by atoms with Crippen LogP contribution in [0.3, 0.4) is 0 Å². The molecule has 1 atom stereocenters. The number of aromatic amines is 1. The van der Waals surface area contributed by atoms with Crippen molar-refractivity contribution in [2.45, 2.75) is 38.3 Å². The summed E-state index contributed by atoms with van der Waals surface area (Å²) in [4.78, 5) is 35.3. The van der Waals surface area contributed by atoms with Crippen LogP contribution >= 0.6 is 0 Å². The van der Waals surface area contributed by atoms with Crippen molar-refractivity contribution in [3.63, 3.8) is 0 Å². The molecule has 166 valence electrons. The van der Waals surface area contributed by atoms with Crippen LogP contribution in [0.1, 0.15) is 52.7 Å². The summed E-state index contributed by atoms with van der Waals surface area (Å²) in [6, 6.07) is 6.68. The zero-order valence-corrected chi connectivity index (χ0v) is 18.4. The molecule has 1 saturated heterocycles. The molecule has 2 aromatic rings. The van der Waals surface area contributed by atoms with Gasteiger partial charge in [0.25, 0.3) is 11.5 Å². The van der Waals surface area contributed by atoms with Gasteiger partial charge in [0.05, 0.1) is 30.7 Å². The Balaban J connectivity index is 1.65. The summed E-state index contributed by atoms with van der Waals surface area (Å²) in [5.41, 5.74) is 1.17. The summed E-state index contributed by atoms with van der Waals surface area (Å²) in [6.45, 7) is 0.885. The molecule has 31 heavy (non-hydrogen) atoms. The molecule has 9 nitrogen and oxygen atoms in total. The quantitative estimate of drug-likeness (QED) is 0.761. The summed E-state index contributed by atoms with van der Waals surface area (Å²) in [6.07, 6.45) is 4.01. The zero-order chi connectivity index (χ0) is 22.2. The van der Waals surface area contributed by atoms with E-state index in [0.29, 0.717) is 54.3 Å². The predicted molar refractivity (Wildman–Crippen MR) is 114 cm³/mol. The molecule has 0 spiro atoms. The van der Waals surface area contributed by atoms with E-state index in [9.17, 15) is 18.0 Å². The van der Waals surface area contributed by atoms with E-state index >= 15 is 0 Å². The predicted octanol–water partition coefficient (Wildman–Crippen LogP) is 1.46. The van der Waals surface area contributed by atoms with Gasteiger partial charge >= 0.3 is 0 Å². The molecule has 2 aliphatic rings. The maximum Gasteiger partial charge on any atom is 0.255 e. The van der Waals surface area contributed by atoms with Gasteiger partial charge in [0, 0.05) is 31.6 Å². The molecule has 4 rings (SSSR count). The highest BCUT2D eigenvalue weighted by atomic mass is 32.2. The number of carbonyl (C=O) groups is 1. The number of benzene rings is 1. The summed E-state index contributed by atoms with van der Waals surface area (Å²) >= 11 is 0. The molecule has 1 N–H and O–H groups in total. The van der Waals surface area contributed by atoms with Crippen molar-refractivity contribution in [3.05, 3.63) is 57.3 Å². The molecule has 0 radical (unpaired) electrons. The Bertz CT molecular complexity index is 1160. The van der Waals surface area contributed by atoms with E-state index in [1.807, 2.05) is 0 Å². The number of nitrogens with one attached hydrogen (secondary N) is 1. The van der Waals surface area contributed by atoms with E-state index in [0.717, 1.165) is 19.1 Å². The van der Waals surface area contributed by atoms with E-state index in [-0.39, 0.29) is 24.1 Å². The summed E-state index contributed by atoms with van der Waals surface area (Å²) in [5, 5.41) is 0. The Hall–Kier alpha value is -2.72. The van der Waals surface area contributed by atoms with Crippen molar-refractivity contribution in [1.29, 1.82) is 0 Å². The van der Waals surface area contributed by atoms with Gasteiger partial charge in [0.2, 0.25) is 10.0 Å². The Morgan fingerprint density at radius 2 is 2.06 bits per heavy atom. The normalized spacial score (nSPS) is 19.7. The Labute approximate surface area is 181 Å². The number of likely N-dealkylation sites (tertiary alicyclic amines) is 1. The van der Waals surface area contributed by atoms with Crippen LogP contribution in [0.15, 0.2) is 29.1 Å². The molecule has 1 aromatic heterocycles. The number of carbonyl (C=O) groups excluding carboxylic acids is 1. The first-order valence-electron chi connectivity index (χ1n) is 10.3. The summed E-state index contributed by atoms with van der Waals surface area (Å²) in [7, 11) is -1.83. The van der Waals surface area contributed by atoms with Crippen LogP contribution < -0.4 is 10.3 Å². The largest absolute Gasteiger partial charge is 0.497 e. The van der Waals surface area contributed by atoms with Crippen LogP contribution in [0.4, 0.5) is 0 Å². The first-order chi connectivity index (χ1) is 14.8. The van der Waals surface area contributed by atoms with Gasteiger partial charge in [-0.25, -0.2) is 13.4 Å². The van der Waals surface area contributed by atoms with Crippen molar-refractivity contribution in [1.82, 2.24) is 19.2 Å². The highest BCUT2D eigenvalue weighted by molar-refractivity contribution is 7.88. The lowest BCUT2D eigenvalue weighted by molar-refractivity contribution is 0.0598. The number of amides is 1. The van der Waals surface area contributed by atoms with Crippen molar-refractivity contribution >= 4 is 15.9 Å². The third-order valence-corrected chi connectivity index (χ3v) is 7.17. The average Bonchev–Trinajstić information content (AvgIpc) is 2.77. The number of fused-ring (bicyclic) bond motifs is 1. The Kier molecular flexibility index (Phi) is 5.85. The smallest absolute Gasteiger partial charge is 0.255 e. The van der Waals surface area contributed by atoms with Crippen LogP contribution in [0.2, 0.25) is 0 Å². The van der Waals surface area contributed by atoms with Crippen molar-refractivity contribution in [2.24, 2.45) is 0 Å². The van der Waals surface area contributed by atoms with Gasteiger partial charge in [-0.1, -0.05) is 6.07 Å². The molecule has 0 aliphatic carbocycles. The minimum absolute atomic E-state index is 0.0217. The fourth-order valence-corrected chi connectivity index (χ4v) is 5.03. The second-order valence-electron chi connectivity index (χ2n) is 7.97. The minimum atomic E-state index is -3.38. The lowest BCUT2D eigenvalue weighted by atomic mass is 9.99. The number of piperidine rings is 1. The van der Waals surface area contributed by atoms with E-state index in [4.69, 9.17) is 4.74 Å². The van der Waals surface area contributed by atoms with Gasteiger partial charge < -0.3 is 14.6 Å². The van der Waals surface area contributed by atoms with Crippen LogP contribution in [-0.4, -0.2) is 60.0 Å². The Morgan fingerprint density at radius 3 is 2.81 bits per heavy atom. The third kappa shape index (κ3) is 4.35. The van der Waals surface area contributed by atoms with Gasteiger partial charge in [-0.3, -0.25) is 9.59 Å². The van der Waals surface area contributed by atoms with Gasteiger partial charge in [-0.15, -0.1) is 0 Å². The minimum Gasteiger partial charge on any atom is -0.497 e. The summed E-state index contributed by atoms with van der Waals surface area (Å²) in [5.74, 6) is 0.940. The van der Waals surface area contributed by atoms with Crippen molar-refractivity contribution in [2.75, 3.05) is 26.5 Å². The number of aromatic nitrogens is 2. The highest BCUT2D eigenvalue weighted by Crippen LogP contribution is 2.31. The number of rotatable bonds is 4. The van der Waals surface area contributed by atoms with Gasteiger partial charge in [0.15, 0.2) is 0 Å². The molecule has 1 amide bonds. The molecular weight excluding hydrogens is 420 g/mol. The van der Waals surface area contributed by atoms with Crippen LogP contribution in [-0.2, 0) is 23.0 Å². The molecular formula is C21H26N4O5S. The zero-order valence-electron chi connectivity index (χ0n) is 17.6. The number of nitrogens with zero attached hydrogens (tertiary/aromatic N) is 3. The second kappa shape index (κ2) is 8.43. The monoisotopic (exact) mass is 446 g/mol. The van der Waals surface area contributed by atoms with Crippen molar-refractivity contribution in [3.8, 4) is 5.75 Å². The number of methoxy groups -OCH3 is 1. The van der Waals surface area contributed by atoms with Crippen LogP contribution in [0.5, 0.6) is 5.75 Å². The van der Waals surface area contributed by atoms with Gasteiger partial charge in [-0.2, -0.15) is 4.31 Å². The fraction of sp³-hybridized carbons (Fsp3) is 0.476. The fourth-order valence-electron chi connectivity index (χ4n) is 4.24. The van der Waals surface area contributed by atoms with Gasteiger partial charge in [0.1, 0.15) is 11.6 Å². The van der Waals surface area contributed by atoms with E-state index in [1.165, 1.54) is 4.31 Å². The molecule has 0 bridgehead atoms. The maximum absolute atomic E-state index is 13.3. The number of sulfonamides is 1. The number of hydrogen-bond acceptors (Lipinski definition) is 6. The third-order valence-electron chi connectivity index (χ3n) is 5.92. The summed E-state index contributed by atoms with van der Waals surface area (Å²) < 4.78 is 30.2. The molecule has 0 unspecified atom stereocenters. The molecule has 0 saturated carbocycles. The standard InChI is InChI=1S/C21H26N4O5S/c1-30-15-7-5-6-14(12-15)21(27)25-10-4-3-8-18(25)19-22-17-9-11-24(31(2,28)29)13-16(17)20(26)23-19/h5-7,12,18H,3-4,8-11,13H2,1-2H3,(H,22,23,26)/t18-/m1/s1. The van der Waals surface area contributed by atoms with Crippen molar-refractivity contribution < 1.29 is 17.9 Å². The lowest BCUT2D eigenvalue weighted by Crippen LogP contribution is -2.42. The van der Waals surface area contributed by atoms with Crippen LogP contribution in [0, 0.1) is 0 Å². The van der Waals surface area contributed by atoms with E-state index < -0.39 is 10.0 Å². The van der Waals surface area contributed by atoms with E-state index in [1.54, 1.807) is 36.3 Å². The molecule has 3 heterocycles. The van der Waals surface area contributed by atoms with Gasteiger partial charge in [-0.05, 0) is 37.5 Å². The SMILES string of the molecule is COc1cccc(C(=O)N2CCCC[C@@H]2c2nc3c(c(=O)[nH]2)CN(S(C)(=O)=O)CC3)c1. The molecule has 1 fully saturated rings. The second-order valence-corrected chi connectivity index (χ2v) is 9.95. The van der Waals surface area contributed by atoms with E-state index in [2.05, 4.69) is 9.97 Å². The lowest BCUT2D eigenvalue weighted by Gasteiger charge is -2.35. The van der Waals surface area contributed by atoms with Crippen LogP contribution in [0.25, 0.3) is 0 Å². The molecule has 2 aliphatic heterocycles. The Morgan fingerprint density at radius 1 is 1.26 bits per heavy atom. The molecule has 10 heteroatoms. The number of hydrogen-bond donors (Lipinski definition) is 1. The topological polar surface area (TPSA) is 113 Å². The maximum atomic E-state index is 13.3. The first kappa shape index (κ1) is 21.5.